The summed E-state index contributed by atoms with van der Waals surface area (Å²) in [5.74, 6) is -0.0596. The molecule has 132 valence electrons. The number of carbonyl (C=O) groups is 1. The Morgan fingerprint density at radius 2 is 1.88 bits per heavy atom. The SMILES string of the molecule is O=C(CSc1nncn1-c1ccccc1F)N1CCc2ccccc2C1. The molecule has 0 saturated heterocycles. The van der Waals surface area contributed by atoms with Crippen LogP contribution in [-0.4, -0.2) is 37.9 Å². The van der Waals surface area contributed by atoms with Crippen molar-refractivity contribution >= 4 is 17.7 Å². The predicted octanol–water partition coefficient (Wildman–Crippen LogP) is 3.08. The van der Waals surface area contributed by atoms with Gasteiger partial charge in [-0.15, -0.1) is 10.2 Å². The molecule has 3 aromatic rings. The molecule has 1 amide bonds. The quantitative estimate of drug-likeness (QED) is 0.664. The Labute approximate surface area is 154 Å². The average molecular weight is 368 g/mol. The molecule has 0 unspecified atom stereocenters. The first-order chi connectivity index (χ1) is 12.7. The normalized spacial score (nSPS) is 13.5. The monoisotopic (exact) mass is 368 g/mol. The highest BCUT2D eigenvalue weighted by Crippen LogP contribution is 2.23. The number of aromatic nitrogens is 3. The molecular weight excluding hydrogens is 351 g/mol. The second-order valence-corrected chi connectivity index (χ2v) is 7.00. The van der Waals surface area contributed by atoms with Crippen molar-refractivity contribution in [1.29, 1.82) is 0 Å². The molecule has 2 aromatic carbocycles. The van der Waals surface area contributed by atoms with Gasteiger partial charge in [-0.25, -0.2) is 4.39 Å². The third-order valence-electron chi connectivity index (χ3n) is 4.44. The van der Waals surface area contributed by atoms with Gasteiger partial charge in [0.05, 0.1) is 11.4 Å². The predicted molar refractivity (Wildman–Crippen MR) is 97.6 cm³/mol. The summed E-state index contributed by atoms with van der Waals surface area (Å²) < 4.78 is 15.6. The Kier molecular flexibility index (Phi) is 4.71. The molecular formula is C19H17FN4OS. The van der Waals surface area contributed by atoms with Crippen LogP contribution in [0.3, 0.4) is 0 Å². The minimum absolute atomic E-state index is 0.0487. The Morgan fingerprint density at radius 3 is 2.73 bits per heavy atom. The van der Waals surface area contributed by atoms with E-state index in [1.165, 1.54) is 35.3 Å². The second kappa shape index (κ2) is 7.29. The first kappa shape index (κ1) is 16.8. The van der Waals surface area contributed by atoms with Crippen molar-refractivity contribution in [2.45, 2.75) is 18.1 Å². The summed E-state index contributed by atoms with van der Waals surface area (Å²) >= 11 is 1.27. The standard InChI is InChI=1S/C19H17FN4OS/c20-16-7-3-4-8-17(16)24-13-21-22-19(24)26-12-18(25)23-10-9-14-5-1-2-6-15(14)11-23/h1-8,13H,9-12H2. The summed E-state index contributed by atoms with van der Waals surface area (Å²) in [4.78, 5) is 14.5. The molecule has 1 aliphatic rings. The lowest BCUT2D eigenvalue weighted by Gasteiger charge is -2.28. The maximum atomic E-state index is 14.0. The zero-order valence-corrected chi connectivity index (χ0v) is 14.8. The van der Waals surface area contributed by atoms with Gasteiger partial charge in [-0.3, -0.25) is 9.36 Å². The van der Waals surface area contributed by atoms with Crippen LogP contribution in [0.15, 0.2) is 60.0 Å². The van der Waals surface area contributed by atoms with Gasteiger partial charge in [-0.1, -0.05) is 48.2 Å². The van der Waals surface area contributed by atoms with Gasteiger partial charge in [0.2, 0.25) is 5.91 Å². The van der Waals surface area contributed by atoms with E-state index in [9.17, 15) is 9.18 Å². The van der Waals surface area contributed by atoms with Gasteiger partial charge < -0.3 is 4.90 Å². The van der Waals surface area contributed by atoms with Crippen molar-refractivity contribution in [2.24, 2.45) is 0 Å². The Bertz CT molecular complexity index is 943. The number of carbonyl (C=O) groups excluding carboxylic acids is 1. The van der Waals surface area contributed by atoms with Gasteiger partial charge in [0.25, 0.3) is 0 Å². The minimum atomic E-state index is -0.354. The van der Waals surface area contributed by atoms with Crippen LogP contribution in [0.25, 0.3) is 5.69 Å². The van der Waals surface area contributed by atoms with Crippen LogP contribution in [0.4, 0.5) is 4.39 Å². The van der Waals surface area contributed by atoms with E-state index >= 15 is 0 Å². The number of halogens is 1. The van der Waals surface area contributed by atoms with Crippen LogP contribution in [0.2, 0.25) is 0 Å². The molecule has 0 fully saturated rings. The molecule has 7 heteroatoms. The minimum Gasteiger partial charge on any atom is -0.337 e. The summed E-state index contributed by atoms with van der Waals surface area (Å²) in [7, 11) is 0. The largest absolute Gasteiger partial charge is 0.337 e. The molecule has 0 radical (unpaired) electrons. The topological polar surface area (TPSA) is 51.0 Å². The van der Waals surface area contributed by atoms with Crippen LogP contribution < -0.4 is 0 Å². The van der Waals surface area contributed by atoms with Gasteiger partial charge in [-0.2, -0.15) is 0 Å². The smallest absolute Gasteiger partial charge is 0.233 e. The van der Waals surface area contributed by atoms with E-state index in [4.69, 9.17) is 0 Å². The molecule has 0 aliphatic carbocycles. The summed E-state index contributed by atoms with van der Waals surface area (Å²) in [6, 6.07) is 14.6. The molecule has 26 heavy (non-hydrogen) atoms. The number of benzene rings is 2. The molecule has 4 rings (SSSR count). The molecule has 1 aliphatic heterocycles. The fourth-order valence-corrected chi connectivity index (χ4v) is 3.89. The van der Waals surface area contributed by atoms with E-state index in [-0.39, 0.29) is 17.5 Å². The molecule has 0 saturated carbocycles. The van der Waals surface area contributed by atoms with Crippen LogP contribution >= 0.6 is 11.8 Å². The van der Waals surface area contributed by atoms with Crippen LogP contribution in [-0.2, 0) is 17.8 Å². The van der Waals surface area contributed by atoms with Crippen molar-refractivity contribution in [1.82, 2.24) is 19.7 Å². The van der Waals surface area contributed by atoms with Crippen molar-refractivity contribution in [3.63, 3.8) is 0 Å². The molecule has 0 bridgehead atoms. The second-order valence-electron chi connectivity index (χ2n) is 6.06. The lowest BCUT2D eigenvalue weighted by Crippen LogP contribution is -2.37. The van der Waals surface area contributed by atoms with Gasteiger partial charge in [-0.05, 0) is 29.7 Å². The lowest BCUT2D eigenvalue weighted by atomic mass is 10.00. The molecule has 1 aromatic heterocycles. The van der Waals surface area contributed by atoms with Crippen molar-refractivity contribution in [3.8, 4) is 5.69 Å². The van der Waals surface area contributed by atoms with E-state index in [0.717, 1.165) is 13.0 Å². The number of hydrogen-bond acceptors (Lipinski definition) is 4. The van der Waals surface area contributed by atoms with Crippen LogP contribution in [0, 0.1) is 5.82 Å². The Morgan fingerprint density at radius 1 is 1.12 bits per heavy atom. The molecule has 0 atom stereocenters. The van der Waals surface area contributed by atoms with Crippen LogP contribution in [0.1, 0.15) is 11.1 Å². The zero-order valence-electron chi connectivity index (χ0n) is 14.0. The van der Waals surface area contributed by atoms with E-state index in [0.29, 0.717) is 17.4 Å². The highest BCUT2D eigenvalue weighted by Gasteiger charge is 2.21. The van der Waals surface area contributed by atoms with Gasteiger partial charge in [0.15, 0.2) is 5.16 Å². The van der Waals surface area contributed by atoms with Crippen molar-refractivity contribution < 1.29 is 9.18 Å². The maximum Gasteiger partial charge on any atom is 0.233 e. The van der Waals surface area contributed by atoms with Crippen molar-refractivity contribution in [3.05, 3.63) is 71.8 Å². The summed E-state index contributed by atoms with van der Waals surface area (Å²) in [5.41, 5.74) is 2.88. The summed E-state index contributed by atoms with van der Waals surface area (Å²) in [6.45, 7) is 1.35. The maximum absolute atomic E-state index is 14.0. The number of amides is 1. The Hall–Kier alpha value is -2.67. The number of thioether (sulfide) groups is 1. The average Bonchev–Trinajstić information content (AvgIpc) is 3.14. The van der Waals surface area contributed by atoms with E-state index in [2.05, 4.69) is 22.3 Å². The third kappa shape index (κ3) is 3.35. The lowest BCUT2D eigenvalue weighted by molar-refractivity contribution is -0.129. The number of rotatable bonds is 4. The molecule has 5 nitrogen and oxygen atoms in total. The first-order valence-corrected chi connectivity index (χ1v) is 9.33. The van der Waals surface area contributed by atoms with Crippen LogP contribution in [0.5, 0.6) is 0 Å². The first-order valence-electron chi connectivity index (χ1n) is 8.34. The number of hydrogen-bond donors (Lipinski definition) is 0. The molecule has 0 N–H and O–H groups in total. The number of fused-ring (bicyclic) bond motifs is 1. The third-order valence-corrected chi connectivity index (χ3v) is 5.36. The summed E-state index contributed by atoms with van der Waals surface area (Å²) in [6.07, 6.45) is 2.33. The van der Waals surface area contributed by atoms with Gasteiger partial charge in [0, 0.05) is 13.1 Å². The van der Waals surface area contributed by atoms with Gasteiger partial charge >= 0.3 is 0 Å². The fraction of sp³-hybridized carbons (Fsp3) is 0.211. The summed E-state index contributed by atoms with van der Waals surface area (Å²) in [5, 5.41) is 8.39. The molecule has 0 spiro atoms. The van der Waals surface area contributed by atoms with E-state index in [1.807, 2.05) is 17.0 Å². The highest BCUT2D eigenvalue weighted by atomic mass is 32.2. The number of para-hydroxylation sites is 1. The molecule has 2 heterocycles. The van der Waals surface area contributed by atoms with E-state index < -0.39 is 0 Å². The van der Waals surface area contributed by atoms with E-state index in [1.54, 1.807) is 22.8 Å². The Balaban J connectivity index is 1.44. The zero-order chi connectivity index (χ0) is 17.9. The highest BCUT2D eigenvalue weighted by molar-refractivity contribution is 7.99. The van der Waals surface area contributed by atoms with Crippen molar-refractivity contribution in [2.75, 3.05) is 12.3 Å². The number of nitrogens with zero attached hydrogens (tertiary/aromatic N) is 4. The van der Waals surface area contributed by atoms with Gasteiger partial charge in [0.1, 0.15) is 12.1 Å². The fourth-order valence-electron chi connectivity index (χ4n) is 3.06.